The van der Waals surface area contributed by atoms with Gasteiger partial charge in [-0.15, -0.1) is 0 Å². The van der Waals surface area contributed by atoms with Gasteiger partial charge in [-0.25, -0.2) is 0 Å². The highest BCUT2D eigenvalue weighted by Crippen LogP contribution is 2.81. The maximum Gasteiger partial charge on any atom is 0.309 e. The quantitative estimate of drug-likeness (QED) is 0.125. The van der Waals surface area contributed by atoms with Crippen molar-refractivity contribution < 1.29 is 33.7 Å². The van der Waals surface area contributed by atoms with Crippen LogP contribution in [0.1, 0.15) is 152 Å². The molecule has 0 radical (unpaired) electrons. The number of hydrogen-bond donors (Lipinski definition) is 1. The molecule has 9 nitrogen and oxygen atoms in total. The summed E-state index contributed by atoms with van der Waals surface area (Å²) in [7, 11) is 1.72. The zero-order valence-electron chi connectivity index (χ0n) is 39.3. The average molecular weight is 835 g/mol. The lowest BCUT2D eigenvalue weighted by Crippen LogP contribution is -2.70. The van der Waals surface area contributed by atoms with Crippen molar-refractivity contribution in [3.8, 4) is 0 Å². The SMILES string of the molecule is C=C(C)[C@@H]1CC[C@]2(C(=O)N3CCCC3CN3CC[C@@H](OCCOC)C3)CC[C@]3(C)C(CC[C@@H]4C5(C)CCC(OC(=O)C6CC(C(=O)O)C6(C)C)C(C)(C)[C@@H]5CC[C@]43C)[C@@]12C. The summed E-state index contributed by atoms with van der Waals surface area (Å²) < 4.78 is 17.8. The van der Waals surface area contributed by atoms with Crippen molar-refractivity contribution in [3.63, 3.8) is 0 Å². The van der Waals surface area contributed by atoms with E-state index in [-0.39, 0.29) is 62.6 Å². The lowest BCUT2D eigenvalue weighted by atomic mass is 9.30. The largest absolute Gasteiger partial charge is 0.481 e. The maximum atomic E-state index is 15.7. The first-order valence-corrected chi connectivity index (χ1v) is 24.4. The molecule has 9 heteroatoms. The molecule has 2 aliphatic heterocycles. The summed E-state index contributed by atoms with van der Waals surface area (Å²) in [6.07, 6.45) is 14.4. The van der Waals surface area contributed by atoms with E-state index < -0.39 is 17.3 Å². The smallest absolute Gasteiger partial charge is 0.309 e. The van der Waals surface area contributed by atoms with Crippen LogP contribution in [0.5, 0.6) is 0 Å². The van der Waals surface area contributed by atoms with Crippen LogP contribution in [0.3, 0.4) is 0 Å². The second kappa shape index (κ2) is 15.3. The Labute approximate surface area is 362 Å². The molecule has 60 heavy (non-hydrogen) atoms. The van der Waals surface area contributed by atoms with E-state index in [4.69, 9.17) is 14.2 Å². The van der Waals surface area contributed by atoms with Crippen molar-refractivity contribution >= 4 is 17.8 Å². The third-order valence-corrected chi connectivity index (χ3v) is 21.3. The van der Waals surface area contributed by atoms with Crippen LogP contribution in [-0.4, -0.2) is 97.5 Å². The number of carbonyl (C=O) groups is 3. The molecule has 8 aliphatic rings. The highest BCUT2D eigenvalue weighted by molar-refractivity contribution is 5.85. The number of methoxy groups -OCH3 is 1. The van der Waals surface area contributed by atoms with Gasteiger partial charge in [0.05, 0.1) is 36.6 Å². The third-order valence-electron chi connectivity index (χ3n) is 21.3. The van der Waals surface area contributed by atoms with Crippen molar-refractivity contribution in [2.75, 3.05) is 46.5 Å². The van der Waals surface area contributed by atoms with Gasteiger partial charge in [-0.1, -0.05) is 67.5 Å². The molecule has 0 bridgehead atoms. The van der Waals surface area contributed by atoms with Gasteiger partial charge in [-0.3, -0.25) is 19.3 Å². The molecule has 2 heterocycles. The number of fused-ring (bicyclic) bond motifs is 7. The molecule has 8 rings (SSSR count). The first kappa shape index (κ1) is 44.6. The van der Waals surface area contributed by atoms with Gasteiger partial charge in [0.15, 0.2) is 0 Å². The van der Waals surface area contributed by atoms with Crippen LogP contribution in [0.4, 0.5) is 0 Å². The number of nitrogens with zero attached hydrogens (tertiary/aromatic N) is 2. The third kappa shape index (κ3) is 6.31. The zero-order valence-corrected chi connectivity index (χ0v) is 39.3. The van der Waals surface area contributed by atoms with E-state index in [2.05, 4.69) is 64.8 Å². The maximum absolute atomic E-state index is 15.7. The Bertz CT molecular complexity index is 1710. The number of ether oxygens (including phenoxy) is 3. The molecule has 338 valence electrons. The molecule has 2 saturated heterocycles. The molecule has 1 N–H and O–H groups in total. The highest BCUT2D eigenvalue weighted by atomic mass is 16.5. The van der Waals surface area contributed by atoms with Crippen molar-refractivity contribution in [2.24, 2.45) is 73.4 Å². The molecule has 6 aliphatic carbocycles. The fourth-order valence-electron chi connectivity index (χ4n) is 17.7. The Hall–Kier alpha value is -1.97. The average Bonchev–Trinajstić information content (AvgIpc) is 3.90. The van der Waals surface area contributed by atoms with Crippen molar-refractivity contribution in [3.05, 3.63) is 12.2 Å². The summed E-state index contributed by atoms with van der Waals surface area (Å²) >= 11 is 0. The summed E-state index contributed by atoms with van der Waals surface area (Å²) in [5, 5.41) is 9.72. The molecule has 0 aromatic carbocycles. The summed E-state index contributed by atoms with van der Waals surface area (Å²) in [4.78, 5) is 46.2. The van der Waals surface area contributed by atoms with Crippen LogP contribution in [0.25, 0.3) is 0 Å². The second-order valence-corrected chi connectivity index (χ2v) is 24.0. The number of aliphatic carboxylic acids is 1. The predicted molar refractivity (Wildman–Crippen MR) is 234 cm³/mol. The molecule has 0 spiro atoms. The fourth-order valence-corrected chi connectivity index (χ4v) is 17.7. The minimum Gasteiger partial charge on any atom is -0.481 e. The minimum absolute atomic E-state index is 0.0994. The normalized spacial score (nSPS) is 46.7. The Morgan fingerprint density at radius 1 is 0.733 bits per heavy atom. The first-order valence-electron chi connectivity index (χ1n) is 24.4. The van der Waals surface area contributed by atoms with Crippen LogP contribution in [-0.2, 0) is 28.6 Å². The van der Waals surface area contributed by atoms with Crippen LogP contribution >= 0.6 is 0 Å². The molecule has 0 aromatic heterocycles. The minimum atomic E-state index is -0.814. The molecular formula is C51H82N2O7. The molecular weight excluding hydrogens is 753 g/mol. The van der Waals surface area contributed by atoms with Crippen LogP contribution in [0.2, 0.25) is 0 Å². The predicted octanol–water partition coefficient (Wildman–Crippen LogP) is 9.42. The van der Waals surface area contributed by atoms with Gasteiger partial charge in [-0.05, 0) is 148 Å². The first-order chi connectivity index (χ1) is 28.1. The zero-order chi connectivity index (χ0) is 43.4. The number of carboxylic acid groups (broad SMARTS) is 1. The van der Waals surface area contributed by atoms with Gasteiger partial charge in [0, 0.05) is 44.7 Å². The molecule has 8 fully saturated rings. The Morgan fingerprint density at radius 2 is 1.45 bits per heavy atom. The summed E-state index contributed by atoms with van der Waals surface area (Å²) in [6, 6.07) is 0.272. The topological polar surface area (TPSA) is 106 Å². The molecule has 6 saturated carbocycles. The summed E-state index contributed by atoms with van der Waals surface area (Å²) in [5.74, 6) is 0.380. The molecule has 1 amide bonds. The van der Waals surface area contributed by atoms with Gasteiger partial charge >= 0.3 is 11.9 Å². The Morgan fingerprint density at radius 3 is 2.13 bits per heavy atom. The van der Waals surface area contributed by atoms with Gasteiger partial charge in [-0.2, -0.15) is 0 Å². The number of carboxylic acids is 1. The Balaban J connectivity index is 1.02. The van der Waals surface area contributed by atoms with E-state index in [0.29, 0.717) is 49.2 Å². The van der Waals surface area contributed by atoms with Crippen molar-refractivity contribution in [1.82, 2.24) is 9.80 Å². The Kier molecular flexibility index (Phi) is 11.4. The number of allylic oxidation sites excluding steroid dienone is 1. The van der Waals surface area contributed by atoms with E-state index >= 15 is 4.79 Å². The number of rotatable bonds is 11. The van der Waals surface area contributed by atoms with Gasteiger partial charge in [0.2, 0.25) is 5.91 Å². The van der Waals surface area contributed by atoms with Crippen LogP contribution in [0, 0.1) is 73.4 Å². The number of likely N-dealkylation sites (tertiary alicyclic amines) is 2. The van der Waals surface area contributed by atoms with Gasteiger partial charge < -0.3 is 24.2 Å². The molecule has 14 atom stereocenters. The van der Waals surface area contributed by atoms with E-state index in [9.17, 15) is 14.7 Å². The van der Waals surface area contributed by atoms with Crippen molar-refractivity contribution in [1.29, 1.82) is 0 Å². The number of esters is 1. The number of hydrogen-bond acceptors (Lipinski definition) is 7. The van der Waals surface area contributed by atoms with Gasteiger partial charge in [0.25, 0.3) is 0 Å². The van der Waals surface area contributed by atoms with E-state index in [1.54, 1.807) is 7.11 Å². The summed E-state index contributed by atoms with van der Waals surface area (Å²) in [5.41, 5.74) is 0.359. The fraction of sp³-hybridized carbons (Fsp3) is 0.902. The molecule has 6 unspecified atom stereocenters. The van der Waals surface area contributed by atoms with Gasteiger partial charge in [0.1, 0.15) is 6.10 Å². The second-order valence-electron chi connectivity index (χ2n) is 24.0. The lowest BCUT2D eigenvalue weighted by Gasteiger charge is -2.74. The van der Waals surface area contributed by atoms with E-state index in [1.165, 1.54) is 18.4 Å². The van der Waals surface area contributed by atoms with E-state index in [1.807, 2.05) is 13.8 Å². The van der Waals surface area contributed by atoms with Crippen molar-refractivity contribution in [2.45, 2.75) is 170 Å². The summed E-state index contributed by atoms with van der Waals surface area (Å²) in [6.45, 7) is 31.1. The number of amides is 1. The van der Waals surface area contributed by atoms with E-state index in [0.717, 1.165) is 96.8 Å². The number of carbonyl (C=O) groups excluding carboxylic acids is 2. The van der Waals surface area contributed by atoms with Crippen LogP contribution < -0.4 is 0 Å². The highest BCUT2D eigenvalue weighted by Gasteiger charge is 2.76. The molecule has 0 aromatic rings. The van der Waals surface area contributed by atoms with Crippen LogP contribution in [0.15, 0.2) is 12.2 Å². The monoisotopic (exact) mass is 835 g/mol. The lowest BCUT2D eigenvalue weighted by molar-refractivity contribution is -0.265. The standard InChI is InChI=1S/C51H82N2O7/c1-32(2)35-16-22-51(44(57)53-25-12-13-33(53)30-52-26-19-34(31-52)59-28-27-58-11)24-23-49(9)40(50(35,51)10)15-14-39-47(7)20-18-41(46(5,6)38(47)17-21-48(39,49)8)60-43(56)37-29-36(42(54)55)45(37,3)4/h33-41H,1,12-31H2,2-11H3,(H,54,55)/t33?,34-,35+,36?,37?,38+,39-,40?,41?,47?,48-,49-,50-,51-/m1/s1.